The largest absolute Gasteiger partial charge is 0.497 e. The average Bonchev–Trinajstić information content (AvgIpc) is 2.79. The maximum atomic E-state index is 13.4. The zero-order valence-electron chi connectivity index (χ0n) is 17.7. The van der Waals surface area contributed by atoms with Gasteiger partial charge in [0.25, 0.3) is 10.0 Å². The van der Waals surface area contributed by atoms with Crippen LogP contribution in [0.4, 0.5) is 5.69 Å². The molecule has 0 radical (unpaired) electrons. The monoisotopic (exact) mass is 430 g/mol. The van der Waals surface area contributed by atoms with Gasteiger partial charge in [0.05, 0.1) is 17.7 Å². The number of hydrogen-bond donors (Lipinski definition) is 0. The maximum absolute atomic E-state index is 13.4. The summed E-state index contributed by atoms with van der Waals surface area (Å²) in [5.74, 6) is 0.458. The molecule has 0 bridgehead atoms. The summed E-state index contributed by atoms with van der Waals surface area (Å²) in [4.78, 5) is 15.3. The first-order chi connectivity index (χ1) is 14.5. The lowest BCUT2D eigenvalue weighted by Gasteiger charge is -2.35. The van der Waals surface area contributed by atoms with Gasteiger partial charge in [-0.05, 0) is 56.2 Å². The van der Waals surface area contributed by atoms with Crippen LogP contribution in [0.2, 0.25) is 0 Å². The standard InChI is InChI=1S/C23H30N2O4S/c1-3-24(19-10-6-4-7-11-19)23(26)18-25(20-14-16-21(29-2)17-15-20)30(27,28)22-12-8-5-9-13-22/h5,8-9,12-17,19H,3-4,6-7,10-11,18H2,1-2H3. The van der Waals surface area contributed by atoms with E-state index in [9.17, 15) is 13.2 Å². The molecule has 0 spiro atoms. The Bertz CT molecular complexity index is 923. The van der Waals surface area contributed by atoms with E-state index in [-0.39, 0.29) is 23.4 Å². The highest BCUT2D eigenvalue weighted by molar-refractivity contribution is 7.92. The molecule has 0 aromatic heterocycles. The van der Waals surface area contributed by atoms with Crippen LogP contribution in [-0.2, 0) is 14.8 Å². The molecule has 0 atom stereocenters. The van der Waals surface area contributed by atoms with Crippen LogP contribution in [0, 0.1) is 0 Å². The first-order valence-electron chi connectivity index (χ1n) is 10.5. The molecule has 1 amide bonds. The van der Waals surface area contributed by atoms with Crippen molar-refractivity contribution in [2.24, 2.45) is 0 Å². The van der Waals surface area contributed by atoms with E-state index in [1.54, 1.807) is 61.7 Å². The highest BCUT2D eigenvalue weighted by atomic mass is 32.2. The van der Waals surface area contributed by atoms with Crippen molar-refractivity contribution in [3.05, 3.63) is 54.6 Å². The van der Waals surface area contributed by atoms with E-state index >= 15 is 0 Å². The van der Waals surface area contributed by atoms with Crippen molar-refractivity contribution in [2.75, 3.05) is 24.5 Å². The van der Waals surface area contributed by atoms with Gasteiger partial charge in [-0.15, -0.1) is 0 Å². The molecule has 7 heteroatoms. The van der Waals surface area contributed by atoms with E-state index < -0.39 is 10.0 Å². The number of amides is 1. The predicted octanol–water partition coefficient (Wildman–Crippen LogP) is 4.07. The number of anilines is 1. The Morgan fingerprint density at radius 1 is 1.00 bits per heavy atom. The summed E-state index contributed by atoms with van der Waals surface area (Å²) in [6.45, 7) is 2.30. The molecule has 1 aliphatic rings. The van der Waals surface area contributed by atoms with E-state index in [2.05, 4.69) is 0 Å². The van der Waals surface area contributed by atoms with Gasteiger partial charge in [-0.2, -0.15) is 0 Å². The van der Waals surface area contributed by atoms with E-state index in [1.165, 1.54) is 10.7 Å². The number of ether oxygens (including phenoxy) is 1. The van der Waals surface area contributed by atoms with Crippen molar-refractivity contribution in [3.63, 3.8) is 0 Å². The van der Waals surface area contributed by atoms with Gasteiger partial charge in [0.15, 0.2) is 0 Å². The van der Waals surface area contributed by atoms with E-state index in [0.29, 0.717) is 18.0 Å². The molecular formula is C23H30N2O4S. The molecule has 6 nitrogen and oxygen atoms in total. The van der Waals surface area contributed by atoms with E-state index in [0.717, 1.165) is 25.7 Å². The maximum Gasteiger partial charge on any atom is 0.264 e. The number of methoxy groups -OCH3 is 1. The minimum absolute atomic E-state index is 0.161. The van der Waals surface area contributed by atoms with Gasteiger partial charge in [-0.3, -0.25) is 9.10 Å². The molecule has 0 heterocycles. The first kappa shape index (κ1) is 22.2. The molecule has 3 rings (SSSR count). The summed E-state index contributed by atoms with van der Waals surface area (Å²) >= 11 is 0. The fourth-order valence-corrected chi connectivity index (χ4v) is 5.46. The first-order valence-corrected chi connectivity index (χ1v) is 11.9. The van der Waals surface area contributed by atoms with Gasteiger partial charge in [-0.25, -0.2) is 8.42 Å². The summed E-state index contributed by atoms with van der Waals surface area (Å²) in [5, 5.41) is 0. The zero-order chi connectivity index (χ0) is 21.6. The lowest BCUT2D eigenvalue weighted by Crippen LogP contribution is -2.47. The third kappa shape index (κ3) is 4.95. The fourth-order valence-electron chi connectivity index (χ4n) is 4.03. The number of rotatable bonds is 8. The number of nitrogens with zero attached hydrogens (tertiary/aromatic N) is 2. The molecule has 1 saturated carbocycles. The second-order valence-electron chi connectivity index (χ2n) is 7.49. The van der Waals surface area contributed by atoms with E-state index in [4.69, 9.17) is 4.74 Å². The molecule has 0 unspecified atom stereocenters. The highest BCUT2D eigenvalue weighted by Gasteiger charge is 2.31. The van der Waals surface area contributed by atoms with Crippen LogP contribution < -0.4 is 9.04 Å². The van der Waals surface area contributed by atoms with Crippen molar-refractivity contribution in [2.45, 2.75) is 50.0 Å². The highest BCUT2D eigenvalue weighted by Crippen LogP contribution is 2.27. The summed E-state index contributed by atoms with van der Waals surface area (Å²) in [6.07, 6.45) is 5.38. The predicted molar refractivity (Wildman–Crippen MR) is 118 cm³/mol. The minimum atomic E-state index is -3.90. The lowest BCUT2D eigenvalue weighted by molar-refractivity contribution is -0.132. The smallest absolute Gasteiger partial charge is 0.264 e. The molecule has 162 valence electrons. The molecule has 2 aromatic rings. The Morgan fingerprint density at radius 2 is 1.63 bits per heavy atom. The van der Waals surface area contributed by atoms with Crippen LogP contribution in [0.25, 0.3) is 0 Å². The third-order valence-electron chi connectivity index (χ3n) is 5.65. The van der Waals surface area contributed by atoms with Crippen LogP contribution in [0.1, 0.15) is 39.0 Å². The van der Waals surface area contributed by atoms with Gasteiger partial charge < -0.3 is 9.64 Å². The Hall–Kier alpha value is -2.54. The van der Waals surface area contributed by atoms with Crippen molar-refractivity contribution in [3.8, 4) is 5.75 Å². The minimum Gasteiger partial charge on any atom is -0.497 e. The molecule has 30 heavy (non-hydrogen) atoms. The Morgan fingerprint density at radius 3 is 2.20 bits per heavy atom. The Labute approximate surface area is 179 Å². The summed E-state index contributed by atoms with van der Waals surface area (Å²) in [6, 6.07) is 15.2. The fraction of sp³-hybridized carbons (Fsp3) is 0.435. The van der Waals surface area contributed by atoms with Crippen LogP contribution in [0.3, 0.4) is 0 Å². The number of sulfonamides is 1. The van der Waals surface area contributed by atoms with Gasteiger partial charge in [0.2, 0.25) is 5.91 Å². The van der Waals surface area contributed by atoms with Gasteiger partial charge in [0, 0.05) is 12.6 Å². The second-order valence-corrected chi connectivity index (χ2v) is 9.36. The Kier molecular flexibility index (Phi) is 7.37. The topological polar surface area (TPSA) is 66.9 Å². The van der Waals surface area contributed by atoms with Crippen LogP contribution in [-0.4, -0.2) is 45.5 Å². The van der Waals surface area contributed by atoms with Crippen molar-refractivity contribution in [1.82, 2.24) is 4.90 Å². The molecule has 0 N–H and O–H groups in total. The second kappa shape index (κ2) is 9.98. The van der Waals surface area contributed by atoms with Crippen LogP contribution in [0.5, 0.6) is 5.75 Å². The molecule has 2 aromatic carbocycles. The molecule has 0 aliphatic heterocycles. The van der Waals surface area contributed by atoms with Crippen LogP contribution >= 0.6 is 0 Å². The number of benzene rings is 2. The van der Waals surface area contributed by atoms with Gasteiger partial charge >= 0.3 is 0 Å². The SMILES string of the molecule is CCN(C(=O)CN(c1ccc(OC)cc1)S(=O)(=O)c1ccccc1)C1CCCCC1. The summed E-state index contributed by atoms with van der Waals surface area (Å²) in [7, 11) is -2.34. The molecular weight excluding hydrogens is 400 g/mol. The van der Waals surface area contributed by atoms with Crippen molar-refractivity contribution < 1.29 is 17.9 Å². The van der Waals surface area contributed by atoms with Gasteiger partial charge in [0.1, 0.15) is 12.3 Å². The third-order valence-corrected chi connectivity index (χ3v) is 7.44. The lowest BCUT2D eigenvalue weighted by atomic mass is 9.94. The number of hydrogen-bond acceptors (Lipinski definition) is 4. The normalized spacial score (nSPS) is 14.9. The summed E-state index contributed by atoms with van der Waals surface area (Å²) in [5.41, 5.74) is 0.438. The van der Waals surface area contributed by atoms with E-state index in [1.807, 2.05) is 11.8 Å². The summed E-state index contributed by atoms with van der Waals surface area (Å²) < 4.78 is 33.3. The number of carbonyl (C=O) groups is 1. The average molecular weight is 431 g/mol. The molecule has 1 aliphatic carbocycles. The van der Waals surface area contributed by atoms with Crippen LogP contribution in [0.15, 0.2) is 59.5 Å². The Balaban J connectivity index is 1.93. The number of likely N-dealkylation sites (N-methyl/N-ethyl adjacent to an activating group) is 1. The van der Waals surface area contributed by atoms with Crippen molar-refractivity contribution in [1.29, 1.82) is 0 Å². The molecule has 0 saturated heterocycles. The number of carbonyl (C=O) groups excluding carboxylic acids is 1. The molecule has 1 fully saturated rings. The quantitative estimate of drug-likeness (QED) is 0.633. The zero-order valence-corrected chi connectivity index (χ0v) is 18.5. The van der Waals surface area contributed by atoms with Gasteiger partial charge in [-0.1, -0.05) is 37.5 Å². The van der Waals surface area contributed by atoms with Crippen molar-refractivity contribution >= 4 is 21.6 Å².